The van der Waals surface area contributed by atoms with Crippen LogP contribution in [0.1, 0.15) is 5.56 Å². The van der Waals surface area contributed by atoms with Gasteiger partial charge in [0.1, 0.15) is 0 Å². The number of fused-ring (bicyclic) bond motifs is 1. The maximum atomic E-state index is 12.2. The highest BCUT2D eigenvalue weighted by Crippen LogP contribution is 2.25. The molecule has 0 bridgehead atoms. The Bertz CT molecular complexity index is 974. The largest absolute Gasteiger partial charge is 0.383 e. The molecule has 3 rings (SSSR count). The maximum absolute atomic E-state index is 12.2. The van der Waals surface area contributed by atoms with Crippen molar-refractivity contribution in [3.8, 4) is 0 Å². The number of methoxy groups -OCH3 is 1. The zero-order valence-electron chi connectivity index (χ0n) is 13.7. The molecule has 128 valence electrons. The Kier molecular flexibility index (Phi) is 5.81. The van der Waals surface area contributed by atoms with Crippen LogP contribution in [-0.2, 0) is 16.1 Å². The van der Waals surface area contributed by atoms with E-state index < -0.39 is 0 Å². The summed E-state index contributed by atoms with van der Waals surface area (Å²) in [5.41, 5.74) is 1.84. The van der Waals surface area contributed by atoms with Gasteiger partial charge in [-0.2, -0.15) is 4.99 Å². The fourth-order valence-corrected chi connectivity index (χ4v) is 3.85. The van der Waals surface area contributed by atoms with Crippen LogP contribution in [0.5, 0.6) is 0 Å². The number of hydrogen-bond donors (Lipinski definition) is 0. The maximum Gasteiger partial charge on any atom is 0.272 e. The van der Waals surface area contributed by atoms with Crippen LogP contribution >= 0.6 is 22.9 Å². The SMILES string of the molecule is COCCn1c(=NC(=O)C=Cc2ccccc2)sc2cccc(Cl)c21. The van der Waals surface area contributed by atoms with Crippen LogP contribution in [0.2, 0.25) is 5.02 Å². The van der Waals surface area contributed by atoms with Crippen LogP contribution in [-0.4, -0.2) is 24.2 Å². The number of halogens is 1. The molecular formula is C19H17ClN2O2S. The average Bonchev–Trinajstić information content (AvgIpc) is 2.97. The quantitative estimate of drug-likeness (QED) is 0.631. The number of thiazole rings is 1. The fraction of sp³-hybridized carbons (Fsp3) is 0.158. The van der Waals surface area contributed by atoms with Gasteiger partial charge in [0.25, 0.3) is 5.91 Å². The van der Waals surface area contributed by atoms with Crippen molar-refractivity contribution in [2.45, 2.75) is 6.54 Å². The first-order chi connectivity index (χ1) is 12.2. The average molecular weight is 373 g/mol. The first kappa shape index (κ1) is 17.6. The molecule has 0 radical (unpaired) electrons. The minimum Gasteiger partial charge on any atom is -0.383 e. The Morgan fingerprint density at radius 1 is 1.24 bits per heavy atom. The highest BCUT2D eigenvalue weighted by molar-refractivity contribution is 7.16. The number of ether oxygens (including phenoxy) is 1. The number of para-hydroxylation sites is 1. The van der Waals surface area contributed by atoms with Crippen LogP contribution in [0.4, 0.5) is 0 Å². The second kappa shape index (κ2) is 8.25. The Labute approximate surface area is 154 Å². The zero-order chi connectivity index (χ0) is 17.6. The van der Waals surface area contributed by atoms with Gasteiger partial charge in [0, 0.05) is 19.7 Å². The third-order valence-corrected chi connectivity index (χ3v) is 4.94. The summed E-state index contributed by atoms with van der Waals surface area (Å²) in [5, 5.41) is 0.638. The lowest BCUT2D eigenvalue weighted by molar-refractivity contribution is -0.113. The summed E-state index contributed by atoms with van der Waals surface area (Å²) in [5.74, 6) is -0.308. The molecule has 0 fully saturated rings. The van der Waals surface area contributed by atoms with Crippen molar-refractivity contribution >= 4 is 45.1 Å². The molecule has 6 heteroatoms. The van der Waals surface area contributed by atoms with E-state index in [-0.39, 0.29) is 5.91 Å². The molecule has 3 aromatic rings. The number of aromatic nitrogens is 1. The summed E-state index contributed by atoms with van der Waals surface area (Å²) in [4.78, 5) is 17.1. The van der Waals surface area contributed by atoms with E-state index in [1.54, 1.807) is 13.2 Å². The molecule has 0 N–H and O–H groups in total. The zero-order valence-corrected chi connectivity index (χ0v) is 15.3. The number of carbonyl (C=O) groups excluding carboxylic acids is 1. The van der Waals surface area contributed by atoms with Gasteiger partial charge in [-0.1, -0.05) is 59.3 Å². The van der Waals surface area contributed by atoms with Gasteiger partial charge in [-0.25, -0.2) is 0 Å². The number of amides is 1. The third-order valence-electron chi connectivity index (χ3n) is 3.59. The summed E-state index contributed by atoms with van der Waals surface area (Å²) < 4.78 is 8.09. The number of nitrogens with zero attached hydrogens (tertiary/aromatic N) is 2. The molecule has 0 aliphatic carbocycles. The van der Waals surface area contributed by atoms with E-state index in [4.69, 9.17) is 16.3 Å². The lowest BCUT2D eigenvalue weighted by Gasteiger charge is -2.05. The predicted molar refractivity (Wildman–Crippen MR) is 103 cm³/mol. The Hall–Kier alpha value is -2.21. The molecule has 1 heterocycles. The highest BCUT2D eigenvalue weighted by Gasteiger charge is 2.10. The molecule has 0 spiro atoms. The third kappa shape index (κ3) is 4.25. The minimum absolute atomic E-state index is 0.308. The molecule has 0 saturated carbocycles. The van der Waals surface area contributed by atoms with Gasteiger partial charge in [-0.3, -0.25) is 4.79 Å². The number of hydrogen-bond acceptors (Lipinski definition) is 3. The Morgan fingerprint density at radius 3 is 2.80 bits per heavy atom. The molecule has 0 aliphatic heterocycles. The monoisotopic (exact) mass is 372 g/mol. The van der Waals surface area contributed by atoms with E-state index in [2.05, 4.69) is 4.99 Å². The highest BCUT2D eigenvalue weighted by atomic mass is 35.5. The van der Waals surface area contributed by atoms with Gasteiger partial charge in [0.15, 0.2) is 4.80 Å². The van der Waals surface area contributed by atoms with Crippen molar-refractivity contribution in [3.05, 3.63) is 70.0 Å². The van der Waals surface area contributed by atoms with Gasteiger partial charge in [0.2, 0.25) is 0 Å². The molecule has 0 aliphatic rings. The molecule has 0 saturated heterocycles. The summed E-state index contributed by atoms with van der Waals surface area (Å²) in [6.45, 7) is 1.09. The lowest BCUT2D eigenvalue weighted by Crippen LogP contribution is -2.19. The van der Waals surface area contributed by atoms with Crippen molar-refractivity contribution in [1.29, 1.82) is 0 Å². The van der Waals surface area contributed by atoms with Crippen LogP contribution in [0.15, 0.2) is 59.6 Å². The number of rotatable bonds is 5. The van der Waals surface area contributed by atoms with E-state index in [1.807, 2.05) is 53.1 Å². The molecule has 25 heavy (non-hydrogen) atoms. The Balaban J connectivity index is 1.99. The van der Waals surface area contributed by atoms with E-state index in [9.17, 15) is 4.79 Å². The number of carbonyl (C=O) groups is 1. The van der Waals surface area contributed by atoms with Gasteiger partial charge >= 0.3 is 0 Å². The van der Waals surface area contributed by atoms with E-state index >= 15 is 0 Å². The molecule has 2 aromatic carbocycles. The van der Waals surface area contributed by atoms with Gasteiger partial charge < -0.3 is 9.30 Å². The normalized spacial score (nSPS) is 12.3. The van der Waals surface area contributed by atoms with E-state index in [1.165, 1.54) is 17.4 Å². The summed E-state index contributed by atoms with van der Waals surface area (Å²) in [6, 6.07) is 15.3. The van der Waals surface area contributed by atoms with Crippen molar-refractivity contribution < 1.29 is 9.53 Å². The molecule has 4 nitrogen and oxygen atoms in total. The first-order valence-electron chi connectivity index (χ1n) is 7.77. The summed E-state index contributed by atoms with van der Waals surface area (Å²) >= 11 is 7.78. The van der Waals surface area contributed by atoms with Crippen molar-refractivity contribution in [1.82, 2.24) is 4.57 Å². The summed E-state index contributed by atoms with van der Waals surface area (Å²) in [7, 11) is 1.64. The smallest absolute Gasteiger partial charge is 0.272 e. The van der Waals surface area contributed by atoms with Crippen LogP contribution in [0.25, 0.3) is 16.3 Å². The molecule has 1 aromatic heterocycles. The summed E-state index contributed by atoms with van der Waals surface area (Å²) in [6.07, 6.45) is 3.23. The van der Waals surface area contributed by atoms with Crippen molar-refractivity contribution in [2.24, 2.45) is 4.99 Å². The number of benzene rings is 2. The van der Waals surface area contributed by atoms with E-state index in [0.29, 0.717) is 23.0 Å². The standard InChI is InChI=1S/C19H17ClN2O2S/c1-24-13-12-22-18-15(20)8-5-9-16(18)25-19(22)21-17(23)11-10-14-6-3-2-4-7-14/h2-11H,12-13H2,1H3. The first-order valence-corrected chi connectivity index (χ1v) is 8.97. The van der Waals surface area contributed by atoms with Gasteiger partial charge in [0.05, 0.1) is 21.8 Å². The van der Waals surface area contributed by atoms with Crippen LogP contribution < -0.4 is 4.80 Å². The second-order valence-electron chi connectivity index (χ2n) is 5.31. The molecule has 1 amide bonds. The van der Waals surface area contributed by atoms with Gasteiger partial charge in [-0.05, 0) is 23.8 Å². The van der Waals surface area contributed by atoms with Crippen LogP contribution in [0, 0.1) is 0 Å². The predicted octanol–water partition coefficient (Wildman–Crippen LogP) is 4.14. The Morgan fingerprint density at radius 2 is 2.04 bits per heavy atom. The fourth-order valence-electron chi connectivity index (χ4n) is 2.43. The van der Waals surface area contributed by atoms with E-state index in [0.717, 1.165) is 15.8 Å². The molecule has 0 unspecified atom stereocenters. The molecular weight excluding hydrogens is 356 g/mol. The minimum atomic E-state index is -0.308. The van der Waals surface area contributed by atoms with Gasteiger partial charge in [-0.15, -0.1) is 0 Å². The lowest BCUT2D eigenvalue weighted by atomic mass is 10.2. The van der Waals surface area contributed by atoms with Crippen molar-refractivity contribution in [3.63, 3.8) is 0 Å². The second-order valence-corrected chi connectivity index (χ2v) is 6.73. The van der Waals surface area contributed by atoms with Crippen molar-refractivity contribution in [2.75, 3.05) is 13.7 Å². The molecule has 0 atom stereocenters. The van der Waals surface area contributed by atoms with Crippen LogP contribution in [0.3, 0.4) is 0 Å². The topological polar surface area (TPSA) is 43.6 Å².